The maximum atomic E-state index is 2.81. The lowest BCUT2D eigenvalue weighted by molar-refractivity contribution is 0.259. The van der Waals surface area contributed by atoms with E-state index < -0.39 is 0 Å². The third kappa shape index (κ3) is 4.02. The van der Waals surface area contributed by atoms with Crippen LogP contribution in [0.4, 0.5) is 5.69 Å². The molecule has 5 aliphatic carbocycles. The van der Waals surface area contributed by atoms with Crippen molar-refractivity contribution in [1.29, 1.82) is 0 Å². The summed E-state index contributed by atoms with van der Waals surface area (Å²) in [6.45, 7) is 0. The molecule has 9 unspecified atom stereocenters. The Morgan fingerprint density at radius 3 is 2.58 bits per heavy atom. The molecule has 45 heavy (non-hydrogen) atoms. The second kappa shape index (κ2) is 10.4. The van der Waals surface area contributed by atoms with Crippen LogP contribution in [-0.4, -0.2) is 28.3 Å². The lowest BCUT2D eigenvalue weighted by Crippen LogP contribution is -2.40. The van der Waals surface area contributed by atoms with Gasteiger partial charge in [-0.15, -0.1) is 11.8 Å². The summed E-state index contributed by atoms with van der Waals surface area (Å²) in [7, 11) is 0. The highest BCUT2D eigenvalue weighted by Gasteiger charge is 2.49. The zero-order chi connectivity index (χ0) is 29.5. The van der Waals surface area contributed by atoms with Gasteiger partial charge in [0.15, 0.2) is 0 Å². The molecule has 1 fully saturated rings. The van der Waals surface area contributed by atoms with Crippen LogP contribution in [0.15, 0.2) is 155 Å². The minimum Gasteiger partial charge on any atom is -0.357 e. The number of hydrogen-bond acceptors (Lipinski definition) is 3. The summed E-state index contributed by atoms with van der Waals surface area (Å²) in [5, 5.41) is 0.470. The minimum atomic E-state index is 0.434. The molecular weight excluding hydrogens is 565 g/mol. The predicted molar refractivity (Wildman–Crippen MR) is 187 cm³/mol. The summed E-state index contributed by atoms with van der Waals surface area (Å²) in [6.07, 6.45) is 35.8. The van der Waals surface area contributed by atoms with Crippen LogP contribution >= 0.6 is 11.8 Å². The first-order valence-corrected chi connectivity index (χ1v) is 18.1. The van der Waals surface area contributed by atoms with E-state index >= 15 is 0 Å². The fraction of sp³-hybridized carbons (Fsp3) is 0.333. The standard InChI is InChI=1S/C42H40N2S/c1-2-11-29(12-3-1)43-36-17-7-4-13-30(36)34-25-27(21-23-38(34)43)28-22-24-39-35(26-28)31-14-5-8-18-37(31)44(39)40-19-10-16-33-32-15-6-9-20-41(32)45-42(33)40/h1-7,9-17,19-20,22,24-25,27-28,30,33,35-36,38-39,42H,8,18,21,23,26H2. The Kier molecular flexibility index (Phi) is 6.14. The largest absolute Gasteiger partial charge is 0.357 e. The van der Waals surface area contributed by atoms with Gasteiger partial charge in [0.2, 0.25) is 0 Å². The van der Waals surface area contributed by atoms with Crippen LogP contribution in [-0.2, 0) is 0 Å². The summed E-state index contributed by atoms with van der Waals surface area (Å²) in [5.74, 6) is 2.78. The van der Waals surface area contributed by atoms with Gasteiger partial charge in [-0.25, -0.2) is 0 Å². The molecule has 2 aromatic rings. The average Bonchev–Trinajstić information content (AvgIpc) is 3.76. The Morgan fingerprint density at radius 1 is 0.756 bits per heavy atom. The van der Waals surface area contributed by atoms with E-state index in [9.17, 15) is 0 Å². The topological polar surface area (TPSA) is 6.48 Å². The maximum Gasteiger partial charge on any atom is 0.0601 e. The van der Waals surface area contributed by atoms with Crippen molar-refractivity contribution < 1.29 is 0 Å². The van der Waals surface area contributed by atoms with E-state index in [4.69, 9.17) is 0 Å². The van der Waals surface area contributed by atoms with Gasteiger partial charge in [0, 0.05) is 39.7 Å². The Hall–Kier alpha value is -3.69. The number of thioether (sulfide) groups is 1. The molecule has 0 radical (unpaired) electrons. The first-order chi connectivity index (χ1) is 22.3. The van der Waals surface area contributed by atoms with Crippen molar-refractivity contribution in [1.82, 2.24) is 4.90 Å². The highest BCUT2D eigenvalue weighted by atomic mass is 32.2. The maximum absolute atomic E-state index is 2.81. The Morgan fingerprint density at radius 2 is 1.62 bits per heavy atom. The molecule has 0 spiro atoms. The zero-order valence-corrected chi connectivity index (χ0v) is 26.5. The fourth-order valence-electron chi connectivity index (χ4n) is 10.1. The van der Waals surface area contributed by atoms with E-state index in [-0.39, 0.29) is 0 Å². The van der Waals surface area contributed by atoms with Gasteiger partial charge >= 0.3 is 0 Å². The van der Waals surface area contributed by atoms with Gasteiger partial charge in [-0.3, -0.25) is 0 Å². The molecule has 224 valence electrons. The van der Waals surface area contributed by atoms with E-state index in [0.29, 0.717) is 53.0 Å². The van der Waals surface area contributed by atoms with Gasteiger partial charge in [0.1, 0.15) is 0 Å². The van der Waals surface area contributed by atoms with Crippen molar-refractivity contribution in [2.24, 2.45) is 23.7 Å². The van der Waals surface area contributed by atoms with Gasteiger partial charge in [0.05, 0.1) is 23.4 Å². The van der Waals surface area contributed by atoms with Crippen LogP contribution in [0.1, 0.15) is 43.6 Å². The molecule has 2 nitrogen and oxygen atoms in total. The second-order valence-electron chi connectivity index (χ2n) is 14.1. The van der Waals surface area contributed by atoms with Crippen molar-refractivity contribution in [2.45, 2.75) is 66.3 Å². The smallest absolute Gasteiger partial charge is 0.0601 e. The monoisotopic (exact) mass is 604 g/mol. The molecule has 1 saturated heterocycles. The van der Waals surface area contributed by atoms with E-state index in [2.05, 4.69) is 149 Å². The molecule has 9 atom stereocenters. The number of nitrogens with zero attached hydrogens (tertiary/aromatic N) is 2. The minimum absolute atomic E-state index is 0.434. The van der Waals surface area contributed by atoms with E-state index in [1.54, 1.807) is 16.8 Å². The van der Waals surface area contributed by atoms with Crippen molar-refractivity contribution >= 4 is 17.4 Å². The third-order valence-corrected chi connectivity index (χ3v) is 13.4. The molecule has 3 aliphatic heterocycles. The quantitative estimate of drug-likeness (QED) is 0.322. The van der Waals surface area contributed by atoms with Crippen LogP contribution in [0.3, 0.4) is 0 Å². The normalized spacial score (nSPS) is 36.7. The van der Waals surface area contributed by atoms with Gasteiger partial charge in [0.25, 0.3) is 0 Å². The average molecular weight is 605 g/mol. The van der Waals surface area contributed by atoms with Crippen LogP contribution < -0.4 is 4.90 Å². The van der Waals surface area contributed by atoms with Gasteiger partial charge < -0.3 is 9.80 Å². The van der Waals surface area contributed by atoms with Gasteiger partial charge in [-0.2, -0.15) is 0 Å². The second-order valence-corrected chi connectivity index (χ2v) is 15.3. The van der Waals surface area contributed by atoms with Crippen LogP contribution in [0, 0.1) is 23.7 Å². The zero-order valence-electron chi connectivity index (χ0n) is 25.7. The summed E-state index contributed by atoms with van der Waals surface area (Å²) in [6, 6.07) is 21.6. The molecule has 0 N–H and O–H groups in total. The predicted octanol–water partition coefficient (Wildman–Crippen LogP) is 9.51. The molecule has 0 amide bonds. The van der Waals surface area contributed by atoms with Crippen molar-refractivity contribution in [2.75, 3.05) is 4.90 Å². The summed E-state index contributed by atoms with van der Waals surface area (Å²) >= 11 is 2.09. The number of fused-ring (bicyclic) bond motifs is 8. The van der Waals surface area contributed by atoms with Crippen molar-refractivity contribution in [3.8, 4) is 0 Å². The summed E-state index contributed by atoms with van der Waals surface area (Å²) in [5.41, 5.74) is 9.31. The molecular formula is C42H40N2S. The molecule has 3 heteroatoms. The summed E-state index contributed by atoms with van der Waals surface area (Å²) in [4.78, 5) is 6.99. The van der Waals surface area contributed by atoms with Crippen LogP contribution in [0.2, 0.25) is 0 Å². The molecule has 0 aromatic heterocycles. The highest BCUT2D eigenvalue weighted by Crippen LogP contribution is 2.56. The molecule has 2 aromatic carbocycles. The number of hydrogen-bond donors (Lipinski definition) is 0. The number of rotatable bonds is 3. The fourth-order valence-corrected chi connectivity index (χ4v) is 11.6. The van der Waals surface area contributed by atoms with Crippen molar-refractivity contribution in [3.63, 3.8) is 0 Å². The third-order valence-electron chi connectivity index (χ3n) is 12.0. The molecule has 3 heterocycles. The Bertz CT molecular complexity index is 1790. The molecule has 0 saturated carbocycles. The lowest BCUT2D eigenvalue weighted by Gasteiger charge is -2.41. The van der Waals surface area contributed by atoms with Crippen LogP contribution in [0.5, 0.6) is 0 Å². The molecule has 0 bridgehead atoms. The highest BCUT2D eigenvalue weighted by molar-refractivity contribution is 8.00. The van der Waals surface area contributed by atoms with E-state index in [0.717, 1.165) is 6.42 Å². The van der Waals surface area contributed by atoms with Crippen molar-refractivity contribution in [3.05, 3.63) is 156 Å². The van der Waals surface area contributed by atoms with Crippen LogP contribution in [0.25, 0.3) is 0 Å². The molecule has 8 aliphatic rings. The number of anilines is 1. The van der Waals surface area contributed by atoms with E-state index in [1.165, 1.54) is 47.5 Å². The number of allylic oxidation sites excluding steroid dienone is 10. The van der Waals surface area contributed by atoms with Gasteiger partial charge in [-0.05, 0) is 84.9 Å². The Balaban J connectivity index is 0.966. The summed E-state index contributed by atoms with van der Waals surface area (Å²) < 4.78 is 0. The number of para-hydroxylation sites is 1. The molecule has 10 rings (SSSR count). The number of benzene rings is 2. The SMILES string of the molecule is C1=CC2C3=CC(C4C=CC5C(C4)C4=C(CCC=C4)N5C4=CC=CC5c6ccccc6SC45)CCC3N(c3ccccc3)C2C=C1. The Labute approximate surface area is 272 Å². The first kappa shape index (κ1) is 26.5. The van der Waals surface area contributed by atoms with Gasteiger partial charge in [-0.1, -0.05) is 103 Å². The van der Waals surface area contributed by atoms with E-state index in [1.807, 2.05) is 0 Å². The first-order valence-electron chi connectivity index (χ1n) is 17.2. The lowest BCUT2D eigenvalue weighted by atomic mass is 9.70.